The van der Waals surface area contributed by atoms with E-state index in [1.807, 2.05) is 20.0 Å². The third-order valence-corrected chi connectivity index (χ3v) is 2.12. The molecule has 0 saturated heterocycles. The predicted octanol–water partition coefficient (Wildman–Crippen LogP) is 1.18. The highest BCUT2D eigenvalue weighted by Crippen LogP contribution is 2.07. The summed E-state index contributed by atoms with van der Waals surface area (Å²) in [5, 5.41) is 5.82. The van der Waals surface area contributed by atoms with Crippen LogP contribution >= 0.6 is 0 Å². The monoisotopic (exact) mass is 210 g/mol. The van der Waals surface area contributed by atoms with Gasteiger partial charge in [0.25, 0.3) is 5.91 Å². The standard InChI is InChI=1S/C11H18N2O2/c1-3-9-5-6-10(15-9)11(14)13-8-4-7-12-2/h5-6,12H,3-4,7-8H2,1-2H3,(H,13,14). The van der Waals surface area contributed by atoms with Gasteiger partial charge in [-0.1, -0.05) is 6.92 Å². The molecule has 0 aromatic carbocycles. The molecule has 0 unspecified atom stereocenters. The highest BCUT2D eigenvalue weighted by Gasteiger charge is 2.09. The van der Waals surface area contributed by atoms with Crippen LogP contribution in [-0.2, 0) is 6.42 Å². The first-order valence-corrected chi connectivity index (χ1v) is 5.29. The van der Waals surface area contributed by atoms with Gasteiger partial charge < -0.3 is 15.1 Å². The molecule has 1 heterocycles. The van der Waals surface area contributed by atoms with Gasteiger partial charge in [-0.25, -0.2) is 0 Å². The van der Waals surface area contributed by atoms with E-state index in [2.05, 4.69) is 10.6 Å². The van der Waals surface area contributed by atoms with E-state index in [1.165, 1.54) is 0 Å². The Labute approximate surface area is 90.0 Å². The molecule has 1 aromatic heterocycles. The van der Waals surface area contributed by atoms with Crippen molar-refractivity contribution in [3.8, 4) is 0 Å². The van der Waals surface area contributed by atoms with Gasteiger partial charge >= 0.3 is 0 Å². The topological polar surface area (TPSA) is 54.3 Å². The fourth-order valence-electron chi connectivity index (χ4n) is 1.24. The average Bonchev–Trinajstić information content (AvgIpc) is 2.72. The highest BCUT2D eigenvalue weighted by molar-refractivity contribution is 5.91. The van der Waals surface area contributed by atoms with Crippen molar-refractivity contribution in [3.63, 3.8) is 0 Å². The molecule has 0 radical (unpaired) electrons. The number of hydrogen-bond acceptors (Lipinski definition) is 3. The molecule has 1 aromatic rings. The van der Waals surface area contributed by atoms with Crippen LogP contribution in [-0.4, -0.2) is 26.0 Å². The van der Waals surface area contributed by atoms with E-state index in [0.29, 0.717) is 12.3 Å². The van der Waals surface area contributed by atoms with Gasteiger partial charge in [0.15, 0.2) is 5.76 Å². The molecule has 4 heteroatoms. The second-order valence-electron chi connectivity index (χ2n) is 3.33. The molecular weight excluding hydrogens is 192 g/mol. The van der Waals surface area contributed by atoms with Crippen LogP contribution in [0.2, 0.25) is 0 Å². The first kappa shape index (κ1) is 11.8. The Kier molecular flexibility index (Phi) is 4.90. The fourth-order valence-corrected chi connectivity index (χ4v) is 1.24. The van der Waals surface area contributed by atoms with Crippen LogP contribution in [0.1, 0.15) is 29.7 Å². The molecule has 0 bridgehead atoms. The van der Waals surface area contributed by atoms with E-state index < -0.39 is 0 Å². The van der Waals surface area contributed by atoms with Gasteiger partial charge in [0.1, 0.15) is 5.76 Å². The van der Waals surface area contributed by atoms with E-state index in [0.717, 1.165) is 25.1 Å². The van der Waals surface area contributed by atoms with E-state index in [9.17, 15) is 4.79 Å². The summed E-state index contributed by atoms with van der Waals surface area (Å²) in [6.45, 7) is 3.56. The van der Waals surface area contributed by atoms with Crippen molar-refractivity contribution in [2.24, 2.45) is 0 Å². The van der Waals surface area contributed by atoms with Crippen LogP contribution in [0.5, 0.6) is 0 Å². The molecule has 84 valence electrons. The summed E-state index contributed by atoms with van der Waals surface area (Å²) in [6, 6.07) is 3.55. The largest absolute Gasteiger partial charge is 0.456 e. The zero-order valence-corrected chi connectivity index (χ0v) is 9.30. The number of carbonyl (C=O) groups excluding carboxylic acids is 1. The van der Waals surface area contributed by atoms with Crippen LogP contribution in [0.25, 0.3) is 0 Å². The number of nitrogens with one attached hydrogen (secondary N) is 2. The first-order chi connectivity index (χ1) is 7.27. The zero-order chi connectivity index (χ0) is 11.1. The number of rotatable bonds is 6. The van der Waals surface area contributed by atoms with E-state index in [-0.39, 0.29) is 5.91 Å². The van der Waals surface area contributed by atoms with Gasteiger partial charge in [-0.05, 0) is 32.1 Å². The predicted molar refractivity (Wildman–Crippen MR) is 59.0 cm³/mol. The second kappa shape index (κ2) is 6.24. The molecule has 2 N–H and O–H groups in total. The molecule has 0 atom stereocenters. The van der Waals surface area contributed by atoms with Crippen molar-refractivity contribution in [3.05, 3.63) is 23.7 Å². The summed E-state index contributed by atoms with van der Waals surface area (Å²) < 4.78 is 5.32. The summed E-state index contributed by atoms with van der Waals surface area (Å²) in [7, 11) is 1.89. The van der Waals surface area contributed by atoms with Crippen LogP contribution in [0, 0.1) is 0 Å². The van der Waals surface area contributed by atoms with Crippen LogP contribution < -0.4 is 10.6 Å². The highest BCUT2D eigenvalue weighted by atomic mass is 16.3. The number of hydrogen-bond donors (Lipinski definition) is 2. The lowest BCUT2D eigenvalue weighted by molar-refractivity contribution is 0.0924. The molecule has 0 saturated carbocycles. The van der Waals surface area contributed by atoms with Gasteiger partial charge in [-0.2, -0.15) is 0 Å². The molecular formula is C11H18N2O2. The average molecular weight is 210 g/mol. The smallest absolute Gasteiger partial charge is 0.286 e. The molecule has 0 fully saturated rings. The lowest BCUT2D eigenvalue weighted by Gasteiger charge is -2.02. The van der Waals surface area contributed by atoms with Crippen molar-refractivity contribution in [2.75, 3.05) is 20.1 Å². The fraction of sp³-hybridized carbons (Fsp3) is 0.545. The van der Waals surface area contributed by atoms with Gasteiger partial charge in [0, 0.05) is 13.0 Å². The number of amides is 1. The number of furan rings is 1. The van der Waals surface area contributed by atoms with E-state index in [4.69, 9.17) is 4.42 Å². The minimum absolute atomic E-state index is 0.134. The van der Waals surface area contributed by atoms with Crippen molar-refractivity contribution in [1.29, 1.82) is 0 Å². The Morgan fingerprint density at radius 1 is 1.40 bits per heavy atom. The summed E-state index contributed by atoms with van der Waals surface area (Å²) in [6.07, 6.45) is 1.73. The van der Waals surface area contributed by atoms with E-state index in [1.54, 1.807) is 6.07 Å². The van der Waals surface area contributed by atoms with Gasteiger partial charge in [0.05, 0.1) is 0 Å². The molecule has 0 aliphatic heterocycles. The van der Waals surface area contributed by atoms with Crippen LogP contribution in [0.15, 0.2) is 16.5 Å². The normalized spacial score (nSPS) is 10.3. The summed E-state index contributed by atoms with van der Waals surface area (Å²) in [5.74, 6) is 1.11. The summed E-state index contributed by atoms with van der Waals surface area (Å²) >= 11 is 0. The van der Waals surface area contributed by atoms with Gasteiger partial charge in [0.2, 0.25) is 0 Å². The molecule has 4 nitrogen and oxygen atoms in total. The Balaban J connectivity index is 2.33. The number of carbonyl (C=O) groups is 1. The van der Waals surface area contributed by atoms with Crippen molar-refractivity contribution >= 4 is 5.91 Å². The van der Waals surface area contributed by atoms with Crippen molar-refractivity contribution in [1.82, 2.24) is 10.6 Å². The maximum Gasteiger partial charge on any atom is 0.286 e. The molecule has 0 aliphatic carbocycles. The van der Waals surface area contributed by atoms with Crippen LogP contribution in [0.4, 0.5) is 0 Å². The summed E-state index contributed by atoms with van der Waals surface area (Å²) in [4.78, 5) is 11.5. The van der Waals surface area contributed by atoms with Gasteiger partial charge in [-0.15, -0.1) is 0 Å². The quantitative estimate of drug-likeness (QED) is 0.693. The Bertz CT molecular complexity index is 307. The Hall–Kier alpha value is -1.29. The first-order valence-electron chi connectivity index (χ1n) is 5.29. The molecule has 0 aliphatic rings. The minimum atomic E-state index is -0.134. The minimum Gasteiger partial charge on any atom is -0.456 e. The zero-order valence-electron chi connectivity index (χ0n) is 9.30. The lowest BCUT2D eigenvalue weighted by atomic mass is 10.3. The Morgan fingerprint density at radius 3 is 2.80 bits per heavy atom. The third kappa shape index (κ3) is 3.75. The van der Waals surface area contributed by atoms with Gasteiger partial charge in [-0.3, -0.25) is 4.79 Å². The van der Waals surface area contributed by atoms with Crippen molar-refractivity contribution < 1.29 is 9.21 Å². The molecule has 0 spiro atoms. The van der Waals surface area contributed by atoms with E-state index >= 15 is 0 Å². The summed E-state index contributed by atoms with van der Waals surface area (Å²) in [5.41, 5.74) is 0. The lowest BCUT2D eigenvalue weighted by Crippen LogP contribution is -2.26. The Morgan fingerprint density at radius 2 is 2.20 bits per heavy atom. The molecule has 15 heavy (non-hydrogen) atoms. The maximum absolute atomic E-state index is 11.5. The second-order valence-corrected chi connectivity index (χ2v) is 3.33. The molecule has 1 rings (SSSR count). The van der Waals surface area contributed by atoms with Crippen LogP contribution in [0.3, 0.4) is 0 Å². The number of aryl methyl sites for hydroxylation is 1. The molecule has 1 amide bonds. The maximum atomic E-state index is 11.5. The third-order valence-electron chi connectivity index (χ3n) is 2.12. The SMILES string of the molecule is CCc1ccc(C(=O)NCCCNC)o1. The van der Waals surface area contributed by atoms with Crippen molar-refractivity contribution in [2.45, 2.75) is 19.8 Å².